The molecular formula is C13H28N2O. The lowest BCUT2D eigenvalue weighted by Crippen LogP contribution is -2.31. The molecule has 1 aliphatic carbocycles. The van der Waals surface area contributed by atoms with Gasteiger partial charge in [0, 0.05) is 19.2 Å². The maximum atomic E-state index is 5.33. The summed E-state index contributed by atoms with van der Waals surface area (Å²) in [6.07, 6.45) is 6.87. The van der Waals surface area contributed by atoms with Crippen LogP contribution in [0.2, 0.25) is 0 Å². The molecule has 0 unspecified atom stereocenters. The first-order chi connectivity index (χ1) is 7.83. The number of nitrogens with one attached hydrogen (secondary N) is 1. The highest BCUT2D eigenvalue weighted by molar-refractivity contribution is 4.73. The lowest BCUT2D eigenvalue weighted by molar-refractivity contribution is 0.122. The van der Waals surface area contributed by atoms with E-state index in [-0.39, 0.29) is 0 Å². The Kier molecular flexibility index (Phi) is 7.81. The van der Waals surface area contributed by atoms with Crippen molar-refractivity contribution >= 4 is 0 Å². The van der Waals surface area contributed by atoms with Crippen molar-refractivity contribution in [3.63, 3.8) is 0 Å². The molecule has 0 bridgehead atoms. The molecule has 1 saturated carbocycles. The van der Waals surface area contributed by atoms with Gasteiger partial charge < -0.3 is 15.0 Å². The second kappa shape index (κ2) is 8.97. The highest BCUT2D eigenvalue weighted by atomic mass is 16.5. The molecule has 0 radical (unpaired) electrons. The van der Waals surface area contributed by atoms with Crippen LogP contribution in [-0.2, 0) is 4.74 Å². The molecule has 1 N–H and O–H groups in total. The van der Waals surface area contributed by atoms with Gasteiger partial charge in [-0.15, -0.1) is 0 Å². The molecular weight excluding hydrogens is 200 g/mol. The highest BCUT2D eigenvalue weighted by Gasteiger charge is 2.13. The third kappa shape index (κ3) is 6.46. The molecule has 0 amide bonds. The van der Waals surface area contributed by atoms with Gasteiger partial charge in [-0.25, -0.2) is 0 Å². The van der Waals surface area contributed by atoms with Crippen LogP contribution in [-0.4, -0.2) is 50.8 Å². The zero-order chi connectivity index (χ0) is 11.6. The molecule has 1 rings (SSSR count). The minimum Gasteiger partial charge on any atom is -0.380 e. The number of likely N-dealkylation sites (N-methyl/N-ethyl adjacent to an activating group) is 1. The lowest BCUT2D eigenvalue weighted by Gasteiger charge is -2.17. The van der Waals surface area contributed by atoms with Crippen molar-refractivity contribution in [1.82, 2.24) is 10.2 Å². The van der Waals surface area contributed by atoms with E-state index in [9.17, 15) is 0 Å². The Morgan fingerprint density at radius 2 is 2.00 bits per heavy atom. The largest absolute Gasteiger partial charge is 0.380 e. The van der Waals surface area contributed by atoms with E-state index in [1.807, 2.05) is 6.92 Å². The Labute approximate surface area is 101 Å². The Bertz CT molecular complexity index is 158. The molecule has 0 aliphatic heterocycles. The van der Waals surface area contributed by atoms with E-state index in [0.29, 0.717) is 0 Å². The lowest BCUT2D eigenvalue weighted by atomic mass is 10.2. The van der Waals surface area contributed by atoms with Gasteiger partial charge in [0.2, 0.25) is 0 Å². The Balaban J connectivity index is 1.85. The SMILES string of the molecule is CCOCCN(C)CCCNC1CCCC1. The van der Waals surface area contributed by atoms with Crippen molar-refractivity contribution in [1.29, 1.82) is 0 Å². The van der Waals surface area contributed by atoms with E-state index >= 15 is 0 Å². The number of ether oxygens (including phenoxy) is 1. The maximum Gasteiger partial charge on any atom is 0.0593 e. The molecule has 0 aromatic rings. The first-order valence-corrected chi connectivity index (χ1v) is 6.82. The van der Waals surface area contributed by atoms with Crippen LogP contribution in [0.3, 0.4) is 0 Å². The van der Waals surface area contributed by atoms with Gasteiger partial charge in [0.1, 0.15) is 0 Å². The van der Waals surface area contributed by atoms with Crippen LogP contribution in [0.4, 0.5) is 0 Å². The number of rotatable bonds is 9. The Morgan fingerprint density at radius 1 is 1.25 bits per heavy atom. The minimum atomic E-state index is 0.814. The third-order valence-electron chi connectivity index (χ3n) is 3.33. The molecule has 0 spiro atoms. The summed E-state index contributed by atoms with van der Waals surface area (Å²) in [6.45, 7) is 7.14. The Hall–Kier alpha value is -0.120. The second-order valence-electron chi connectivity index (χ2n) is 4.79. The summed E-state index contributed by atoms with van der Waals surface area (Å²) in [4.78, 5) is 2.35. The fourth-order valence-corrected chi connectivity index (χ4v) is 2.26. The van der Waals surface area contributed by atoms with E-state index in [2.05, 4.69) is 17.3 Å². The standard InChI is InChI=1S/C13H28N2O/c1-3-16-12-11-15(2)10-6-9-14-13-7-4-5-8-13/h13-14H,3-12H2,1-2H3. The highest BCUT2D eigenvalue weighted by Crippen LogP contribution is 2.17. The van der Waals surface area contributed by atoms with E-state index in [1.165, 1.54) is 45.2 Å². The summed E-state index contributed by atoms with van der Waals surface area (Å²) >= 11 is 0. The van der Waals surface area contributed by atoms with E-state index < -0.39 is 0 Å². The number of hydrogen-bond acceptors (Lipinski definition) is 3. The van der Waals surface area contributed by atoms with Crippen LogP contribution in [0.15, 0.2) is 0 Å². The predicted molar refractivity (Wildman–Crippen MR) is 68.9 cm³/mol. The average molecular weight is 228 g/mol. The summed E-state index contributed by atoms with van der Waals surface area (Å²) in [7, 11) is 2.18. The molecule has 0 aromatic heterocycles. The van der Waals surface area contributed by atoms with Crippen molar-refractivity contribution in [3.05, 3.63) is 0 Å². The molecule has 0 heterocycles. The van der Waals surface area contributed by atoms with Gasteiger partial charge >= 0.3 is 0 Å². The summed E-state index contributed by atoms with van der Waals surface area (Å²) in [5, 5.41) is 3.65. The fourth-order valence-electron chi connectivity index (χ4n) is 2.26. The molecule has 3 nitrogen and oxygen atoms in total. The molecule has 96 valence electrons. The summed E-state index contributed by atoms with van der Waals surface area (Å²) in [5.74, 6) is 0. The topological polar surface area (TPSA) is 24.5 Å². The summed E-state index contributed by atoms with van der Waals surface area (Å²) in [6, 6.07) is 0.814. The molecule has 3 heteroatoms. The normalized spacial score (nSPS) is 17.4. The van der Waals surface area contributed by atoms with Gasteiger partial charge in [0.15, 0.2) is 0 Å². The van der Waals surface area contributed by atoms with Crippen LogP contribution in [0, 0.1) is 0 Å². The van der Waals surface area contributed by atoms with Crippen LogP contribution >= 0.6 is 0 Å². The van der Waals surface area contributed by atoms with E-state index in [0.717, 1.165) is 25.8 Å². The van der Waals surface area contributed by atoms with Gasteiger partial charge in [-0.05, 0) is 46.3 Å². The molecule has 1 aliphatic rings. The maximum absolute atomic E-state index is 5.33. The molecule has 16 heavy (non-hydrogen) atoms. The van der Waals surface area contributed by atoms with Gasteiger partial charge in [0.05, 0.1) is 6.61 Å². The van der Waals surface area contributed by atoms with Gasteiger partial charge in [0.25, 0.3) is 0 Å². The van der Waals surface area contributed by atoms with E-state index in [4.69, 9.17) is 4.74 Å². The third-order valence-corrected chi connectivity index (χ3v) is 3.33. The van der Waals surface area contributed by atoms with Crippen LogP contribution in [0.25, 0.3) is 0 Å². The molecule has 0 saturated heterocycles. The minimum absolute atomic E-state index is 0.814. The Morgan fingerprint density at radius 3 is 2.69 bits per heavy atom. The van der Waals surface area contributed by atoms with Crippen LogP contribution < -0.4 is 5.32 Å². The molecule has 1 fully saturated rings. The van der Waals surface area contributed by atoms with Gasteiger partial charge in [-0.2, -0.15) is 0 Å². The molecule has 0 aromatic carbocycles. The van der Waals surface area contributed by atoms with Crippen molar-refractivity contribution < 1.29 is 4.74 Å². The fraction of sp³-hybridized carbons (Fsp3) is 1.00. The van der Waals surface area contributed by atoms with Crippen LogP contribution in [0.1, 0.15) is 39.0 Å². The zero-order valence-electron chi connectivity index (χ0n) is 11.0. The first-order valence-electron chi connectivity index (χ1n) is 6.82. The van der Waals surface area contributed by atoms with Crippen LogP contribution in [0.5, 0.6) is 0 Å². The summed E-state index contributed by atoms with van der Waals surface area (Å²) < 4.78 is 5.33. The van der Waals surface area contributed by atoms with Crippen molar-refractivity contribution in [2.45, 2.75) is 45.1 Å². The smallest absolute Gasteiger partial charge is 0.0593 e. The molecule has 0 atom stereocenters. The number of hydrogen-bond donors (Lipinski definition) is 1. The average Bonchev–Trinajstić information content (AvgIpc) is 2.78. The van der Waals surface area contributed by atoms with Gasteiger partial charge in [-0.3, -0.25) is 0 Å². The van der Waals surface area contributed by atoms with E-state index in [1.54, 1.807) is 0 Å². The first kappa shape index (κ1) is 13.9. The summed E-state index contributed by atoms with van der Waals surface area (Å²) in [5.41, 5.74) is 0. The second-order valence-corrected chi connectivity index (χ2v) is 4.79. The van der Waals surface area contributed by atoms with Crippen molar-refractivity contribution in [2.24, 2.45) is 0 Å². The number of nitrogens with zero attached hydrogens (tertiary/aromatic N) is 1. The van der Waals surface area contributed by atoms with Crippen molar-refractivity contribution in [2.75, 3.05) is 39.9 Å². The monoisotopic (exact) mass is 228 g/mol. The zero-order valence-corrected chi connectivity index (χ0v) is 11.0. The quantitative estimate of drug-likeness (QED) is 0.610. The predicted octanol–water partition coefficient (Wildman–Crippen LogP) is 1.88. The van der Waals surface area contributed by atoms with Gasteiger partial charge in [-0.1, -0.05) is 12.8 Å². The van der Waals surface area contributed by atoms with Crippen molar-refractivity contribution in [3.8, 4) is 0 Å².